The van der Waals surface area contributed by atoms with Crippen molar-refractivity contribution in [2.24, 2.45) is 10.9 Å². The minimum absolute atomic E-state index is 0. The second-order valence-electron chi connectivity index (χ2n) is 7.92. The fourth-order valence-corrected chi connectivity index (χ4v) is 4.25. The third kappa shape index (κ3) is 9.93. The number of nitrogens with one attached hydrogen (secondary N) is 2. The van der Waals surface area contributed by atoms with Crippen LogP contribution in [-0.4, -0.2) is 71.0 Å². The number of morpholine rings is 1. The highest BCUT2D eigenvalue weighted by atomic mass is 127. The number of hydrogen-bond donors (Lipinski definition) is 2. The van der Waals surface area contributed by atoms with E-state index in [1.165, 1.54) is 6.26 Å². The summed E-state index contributed by atoms with van der Waals surface area (Å²) in [6.45, 7) is 12.3. The van der Waals surface area contributed by atoms with Crippen molar-refractivity contribution in [2.75, 3.05) is 45.6 Å². The predicted molar refractivity (Wildman–Crippen MR) is 134 cm³/mol. The number of guanidine groups is 1. The second-order valence-corrected chi connectivity index (χ2v) is 10.1. The van der Waals surface area contributed by atoms with Gasteiger partial charge in [0.1, 0.15) is 0 Å². The molecule has 0 saturated carbocycles. The Labute approximate surface area is 199 Å². The molecule has 0 spiro atoms. The monoisotopic (exact) mass is 552 g/mol. The van der Waals surface area contributed by atoms with E-state index >= 15 is 0 Å². The minimum Gasteiger partial charge on any atom is -0.379 e. The van der Waals surface area contributed by atoms with Gasteiger partial charge in [0.25, 0.3) is 0 Å². The topological polar surface area (TPSA) is 83.0 Å². The highest BCUT2D eigenvalue weighted by molar-refractivity contribution is 14.0. The van der Waals surface area contributed by atoms with E-state index in [1.807, 2.05) is 24.3 Å². The molecule has 0 bridgehead atoms. The standard InChI is InChI=1S/C21H36N4O3S.HI/c1-5-22-21(24-15-20(17(2)3)25-10-12-28-13-11-25)23-14-18-6-8-19(9-7-18)16-29(4,26)27;/h6-9,17,20H,5,10-16H2,1-4H3,(H2,22,23,24);1H. The van der Waals surface area contributed by atoms with Gasteiger partial charge in [-0.2, -0.15) is 0 Å². The van der Waals surface area contributed by atoms with Gasteiger partial charge in [-0.05, 0) is 24.0 Å². The molecule has 1 aliphatic heterocycles. The van der Waals surface area contributed by atoms with Crippen LogP contribution in [0.5, 0.6) is 0 Å². The first-order valence-electron chi connectivity index (χ1n) is 10.4. The van der Waals surface area contributed by atoms with Crippen LogP contribution >= 0.6 is 24.0 Å². The maximum absolute atomic E-state index is 11.4. The van der Waals surface area contributed by atoms with Crippen molar-refractivity contribution in [1.29, 1.82) is 0 Å². The Morgan fingerprint density at radius 3 is 2.27 bits per heavy atom. The van der Waals surface area contributed by atoms with Crippen LogP contribution in [-0.2, 0) is 26.9 Å². The number of benzene rings is 1. The summed E-state index contributed by atoms with van der Waals surface area (Å²) in [7, 11) is -3.01. The van der Waals surface area contributed by atoms with Crippen molar-refractivity contribution in [3.63, 3.8) is 0 Å². The van der Waals surface area contributed by atoms with E-state index in [0.717, 1.165) is 56.5 Å². The van der Waals surface area contributed by atoms with Gasteiger partial charge in [-0.15, -0.1) is 24.0 Å². The van der Waals surface area contributed by atoms with E-state index in [4.69, 9.17) is 9.73 Å². The zero-order valence-corrected chi connectivity index (χ0v) is 21.7. The molecule has 1 fully saturated rings. The van der Waals surface area contributed by atoms with Crippen LogP contribution in [0.25, 0.3) is 0 Å². The van der Waals surface area contributed by atoms with Crippen molar-refractivity contribution in [1.82, 2.24) is 15.5 Å². The van der Waals surface area contributed by atoms with E-state index in [-0.39, 0.29) is 29.7 Å². The molecule has 1 heterocycles. The average molecular weight is 553 g/mol. The van der Waals surface area contributed by atoms with Crippen LogP contribution in [0, 0.1) is 5.92 Å². The second kappa shape index (κ2) is 13.5. The largest absolute Gasteiger partial charge is 0.379 e. The highest BCUT2D eigenvalue weighted by Crippen LogP contribution is 2.12. The zero-order chi connectivity index (χ0) is 21.3. The van der Waals surface area contributed by atoms with Crippen molar-refractivity contribution >= 4 is 39.8 Å². The van der Waals surface area contributed by atoms with Crippen LogP contribution in [0.3, 0.4) is 0 Å². The maximum Gasteiger partial charge on any atom is 0.191 e. The number of ether oxygens (including phenoxy) is 1. The normalized spacial score (nSPS) is 16.8. The molecule has 0 aliphatic carbocycles. The van der Waals surface area contributed by atoms with Gasteiger partial charge in [0.2, 0.25) is 0 Å². The molecule has 2 rings (SSSR count). The molecule has 0 aromatic heterocycles. The summed E-state index contributed by atoms with van der Waals surface area (Å²) >= 11 is 0. The van der Waals surface area contributed by atoms with Crippen LogP contribution < -0.4 is 10.6 Å². The van der Waals surface area contributed by atoms with Crippen LogP contribution in [0.2, 0.25) is 0 Å². The van der Waals surface area contributed by atoms with Gasteiger partial charge in [0.15, 0.2) is 15.8 Å². The Morgan fingerprint density at radius 1 is 1.13 bits per heavy atom. The highest BCUT2D eigenvalue weighted by Gasteiger charge is 2.23. The number of sulfone groups is 1. The summed E-state index contributed by atoms with van der Waals surface area (Å²) in [5.41, 5.74) is 1.85. The van der Waals surface area contributed by atoms with E-state index in [2.05, 4.69) is 36.3 Å². The van der Waals surface area contributed by atoms with Crippen LogP contribution in [0.15, 0.2) is 29.3 Å². The molecule has 1 aromatic rings. The van der Waals surface area contributed by atoms with E-state index < -0.39 is 9.84 Å². The predicted octanol–water partition coefficient (Wildman–Crippen LogP) is 2.26. The van der Waals surface area contributed by atoms with Gasteiger partial charge in [-0.3, -0.25) is 4.90 Å². The lowest BCUT2D eigenvalue weighted by Crippen LogP contribution is -2.52. The Bertz CT molecular complexity index is 748. The van der Waals surface area contributed by atoms with E-state index in [9.17, 15) is 8.42 Å². The van der Waals surface area contributed by atoms with Gasteiger partial charge in [-0.25, -0.2) is 13.4 Å². The van der Waals surface area contributed by atoms with E-state index in [1.54, 1.807) is 0 Å². The summed E-state index contributed by atoms with van der Waals surface area (Å²) in [6, 6.07) is 8.04. The fraction of sp³-hybridized carbons (Fsp3) is 0.667. The number of hydrogen-bond acceptors (Lipinski definition) is 5. The Balaban J connectivity index is 0.00000450. The Hall–Kier alpha value is -0.910. The smallest absolute Gasteiger partial charge is 0.191 e. The molecule has 1 saturated heterocycles. The third-order valence-electron chi connectivity index (χ3n) is 4.98. The SMILES string of the molecule is CCNC(=NCc1ccc(CS(C)(=O)=O)cc1)NCC(C(C)C)N1CCOCC1.I. The molecule has 1 unspecified atom stereocenters. The van der Waals surface area contributed by atoms with Crippen molar-refractivity contribution in [2.45, 2.75) is 39.1 Å². The summed E-state index contributed by atoms with van der Waals surface area (Å²) < 4.78 is 28.3. The number of halogens is 1. The summed E-state index contributed by atoms with van der Waals surface area (Å²) in [5, 5.41) is 6.80. The first kappa shape index (κ1) is 27.1. The molecule has 30 heavy (non-hydrogen) atoms. The average Bonchev–Trinajstić information content (AvgIpc) is 2.66. The van der Waals surface area contributed by atoms with Crippen LogP contribution in [0.1, 0.15) is 31.9 Å². The van der Waals surface area contributed by atoms with Crippen LogP contribution in [0.4, 0.5) is 0 Å². The molecule has 1 aromatic carbocycles. The van der Waals surface area contributed by atoms with Crippen molar-refractivity contribution < 1.29 is 13.2 Å². The van der Waals surface area contributed by atoms with Gasteiger partial charge in [-0.1, -0.05) is 38.1 Å². The quantitative estimate of drug-likeness (QED) is 0.278. The summed E-state index contributed by atoms with van der Waals surface area (Å²) in [5.74, 6) is 1.40. The molecule has 7 nitrogen and oxygen atoms in total. The zero-order valence-electron chi connectivity index (χ0n) is 18.6. The number of aliphatic imine (C=N–C) groups is 1. The molecular weight excluding hydrogens is 515 g/mol. The summed E-state index contributed by atoms with van der Waals surface area (Å²) in [6.07, 6.45) is 1.25. The maximum atomic E-state index is 11.4. The van der Waals surface area contributed by atoms with Gasteiger partial charge < -0.3 is 15.4 Å². The molecule has 1 atom stereocenters. The molecular formula is C21H37IN4O3S. The lowest BCUT2D eigenvalue weighted by molar-refractivity contribution is 0.00752. The molecule has 172 valence electrons. The first-order chi connectivity index (χ1) is 13.8. The molecule has 9 heteroatoms. The molecule has 2 N–H and O–H groups in total. The van der Waals surface area contributed by atoms with Gasteiger partial charge in [0, 0.05) is 38.5 Å². The summed E-state index contributed by atoms with van der Waals surface area (Å²) in [4.78, 5) is 7.19. The van der Waals surface area contributed by atoms with Gasteiger partial charge in [0.05, 0.1) is 25.5 Å². The fourth-order valence-electron chi connectivity index (χ4n) is 3.45. The third-order valence-corrected chi connectivity index (χ3v) is 5.84. The van der Waals surface area contributed by atoms with Crippen molar-refractivity contribution in [3.05, 3.63) is 35.4 Å². The molecule has 0 radical (unpaired) electrons. The lowest BCUT2D eigenvalue weighted by atomic mass is 10.0. The Morgan fingerprint density at radius 2 is 1.73 bits per heavy atom. The number of rotatable bonds is 9. The lowest BCUT2D eigenvalue weighted by Gasteiger charge is -2.37. The van der Waals surface area contributed by atoms with Crippen molar-refractivity contribution in [3.8, 4) is 0 Å². The number of nitrogens with zero attached hydrogens (tertiary/aromatic N) is 2. The molecule has 1 aliphatic rings. The minimum atomic E-state index is -3.01. The first-order valence-corrected chi connectivity index (χ1v) is 12.4. The van der Waals surface area contributed by atoms with Gasteiger partial charge >= 0.3 is 0 Å². The molecule has 0 amide bonds. The van der Waals surface area contributed by atoms with E-state index in [0.29, 0.717) is 18.5 Å². The Kier molecular flexibility index (Phi) is 12.2.